The van der Waals surface area contributed by atoms with E-state index < -0.39 is 5.82 Å². The molecule has 1 saturated heterocycles. The summed E-state index contributed by atoms with van der Waals surface area (Å²) in [5.74, 6) is -0.619. The molecule has 0 radical (unpaired) electrons. The van der Waals surface area contributed by atoms with Crippen molar-refractivity contribution in [3.63, 3.8) is 0 Å². The Morgan fingerprint density at radius 1 is 1.47 bits per heavy atom. The van der Waals surface area contributed by atoms with Gasteiger partial charge in [-0.15, -0.1) is 11.3 Å². The largest absolute Gasteiger partial charge is 0.466 e. The zero-order valence-corrected chi connectivity index (χ0v) is 20.0. The van der Waals surface area contributed by atoms with E-state index in [1.54, 1.807) is 18.4 Å². The number of nitrogens with zero attached hydrogens (tertiary/aromatic N) is 2. The highest BCUT2D eigenvalue weighted by atomic mass is 35.5. The van der Waals surface area contributed by atoms with Crippen LogP contribution in [-0.2, 0) is 32.0 Å². The maximum absolute atomic E-state index is 13.7. The van der Waals surface area contributed by atoms with E-state index in [0.717, 1.165) is 16.4 Å². The van der Waals surface area contributed by atoms with Crippen molar-refractivity contribution < 1.29 is 23.5 Å². The summed E-state index contributed by atoms with van der Waals surface area (Å²) in [6.07, 6.45) is 0.000769. The average molecular weight is 502 g/mol. The van der Waals surface area contributed by atoms with Crippen molar-refractivity contribution in [1.82, 2.24) is 15.2 Å². The van der Waals surface area contributed by atoms with Crippen molar-refractivity contribution in [3.05, 3.63) is 45.7 Å². The molecule has 2 heterocycles. The molecule has 0 saturated carbocycles. The molecule has 1 amide bonds. The normalized spacial score (nSPS) is 16.7. The molecular weight excluding hydrogens is 477 g/mol. The lowest BCUT2D eigenvalue weighted by Crippen LogP contribution is -2.47. The van der Waals surface area contributed by atoms with Crippen LogP contribution < -0.4 is 5.32 Å². The van der Waals surface area contributed by atoms with Crippen LogP contribution in [0.3, 0.4) is 0 Å². The molecule has 7 nitrogen and oxygen atoms in total. The molecule has 0 aliphatic carbocycles. The fraction of sp³-hybridized carbons (Fsp3) is 0.476. The molecule has 3 rings (SSSR count). The Labute approximate surface area is 199 Å². The highest BCUT2D eigenvalue weighted by Crippen LogP contribution is 2.23. The Balaban J connectivity index is 1.37. The minimum Gasteiger partial charge on any atom is -0.466 e. The number of esters is 1. The molecule has 0 unspecified atom stereocenters. The monoisotopic (exact) mass is 501 g/mol. The molecule has 1 fully saturated rings. The van der Waals surface area contributed by atoms with Crippen LogP contribution in [0.5, 0.6) is 0 Å². The first-order chi connectivity index (χ1) is 15.4. The maximum atomic E-state index is 13.7. The van der Waals surface area contributed by atoms with Gasteiger partial charge in [-0.2, -0.15) is 0 Å². The van der Waals surface area contributed by atoms with Crippen LogP contribution in [0.15, 0.2) is 27.9 Å². The number of hydrogen-bond acceptors (Lipinski definition) is 8. The number of aromatic nitrogens is 1. The predicted molar refractivity (Wildman–Crippen MR) is 123 cm³/mol. The molecule has 32 heavy (non-hydrogen) atoms. The van der Waals surface area contributed by atoms with Gasteiger partial charge in [0.05, 0.1) is 42.2 Å². The molecule has 1 atom stereocenters. The van der Waals surface area contributed by atoms with Crippen LogP contribution in [0.25, 0.3) is 0 Å². The quantitative estimate of drug-likeness (QED) is 0.395. The third-order valence-electron chi connectivity index (χ3n) is 4.63. The topological polar surface area (TPSA) is 80.8 Å². The summed E-state index contributed by atoms with van der Waals surface area (Å²) in [6, 6.07) is 4.82. The van der Waals surface area contributed by atoms with Crippen LogP contribution in [0.1, 0.15) is 18.2 Å². The molecule has 11 heteroatoms. The standard InChI is InChI=1S/C21H25ClFN3O4S2/c1-2-29-20(28)8-15-12-31-21(25-15)32-13-19(27)24-9-16-11-26(5-6-30-16)10-14-3-4-17(22)18(23)7-14/h3-4,7,12,16H,2,5-6,8-11,13H2,1H3,(H,24,27)/t16-/m0/s1. The number of ether oxygens (including phenoxy) is 2. The highest BCUT2D eigenvalue weighted by Gasteiger charge is 2.21. The first kappa shape index (κ1) is 24.9. The third kappa shape index (κ3) is 8.00. The summed E-state index contributed by atoms with van der Waals surface area (Å²) in [5.41, 5.74) is 1.49. The summed E-state index contributed by atoms with van der Waals surface area (Å²) in [4.78, 5) is 30.2. The lowest BCUT2D eigenvalue weighted by atomic mass is 10.2. The molecule has 0 spiro atoms. The van der Waals surface area contributed by atoms with Gasteiger partial charge in [0, 0.05) is 31.6 Å². The number of amides is 1. The zero-order chi connectivity index (χ0) is 22.9. The van der Waals surface area contributed by atoms with Gasteiger partial charge in [-0.1, -0.05) is 29.4 Å². The number of hydrogen-bond donors (Lipinski definition) is 1. The number of carbonyl (C=O) groups is 2. The Bertz CT molecular complexity index is 930. The molecule has 2 aromatic rings. The van der Waals surface area contributed by atoms with Crippen molar-refractivity contribution in [2.45, 2.75) is 30.3 Å². The molecule has 174 valence electrons. The van der Waals surface area contributed by atoms with Crippen molar-refractivity contribution in [2.24, 2.45) is 0 Å². The van der Waals surface area contributed by atoms with Crippen LogP contribution in [0, 0.1) is 5.82 Å². The summed E-state index contributed by atoms with van der Waals surface area (Å²) in [5, 5.41) is 4.81. The smallest absolute Gasteiger partial charge is 0.311 e. The molecule has 1 aromatic heterocycles. The van der Waals surface area contributed by atoms with E-state index >= 15 is 0 Å². The van der Waals surface area contributed by atoms with Crippen molar-refractivity contribution in [2.75, 3.05) is 38.6 Å². The number of halogens is 2. The summed E-state index contributed by atoms with van der Waals surface area (Å²) >= 11 is 8.47. The minimum absolute atomic E-state index is 0.113. The number of thiazole rings is 1. The van der Waals surface area contributed by atoms with Crippen molar-refractivity contribution in [3.8, 4) is 0 Å². The first-order valence-corrected chi connectivity index (χ1v) is 12.4. The second-order valence-electron chi connectivity index (χ2n) is 7.16. The Kier molecular flexibility index (Phi) is 9.73. The summed E-state index contributed by atoms with van der Waals surface area (Å²) in [6.45, 7) is 5.02. The van der Waals surface area contributed by atoms with Crippen molar-refractivity contribution in [1.29, 1.82) is 0 Å². The van der Waals surface area contributed by atoms with Gasteiger partial charge in [0.2, 0.25) is 5.91 Å². The predicted octanol–water partition coefficient (Wildman–Crippen LogP) is 3.15. The fourth-order valence-electron chi connectivity index (χ4n) is 3.15. The highest BCUT2D eigenvalue weighted by molar-refractivity contribution is 8.01. The van der Waals surface area contributed by atoms with Gasteiger partial charge >= 0.3 is 5.97 Å². The molecule has 1 aliphatic rings. The maximum Gasteiger partial charge on any atom is 0.311 e. The van der Waals surface area contributed by atoms with Gasteiger partial charge in [0.25, 0.3) is 0 Å². The first-order valence-electron chi connectivity index (χ1n) is 10.2. The van der Waals surface area contributed by atoms with Crippen LogP contribution in [0.2, 0.25) is 5.02 Å². The number of carbonyl (C=O) groups excluding carboxylic acids is 2. The molecule has 1 N–H and O–H groups in total. The van der Waals surface area contributed by atoms with Crippen LogP contribution >= 0.6 is 34.7 Å². The van der Waals surface area contributed by atoms with Crippen LogP contribution in [0.4, 0.5) is 4.39 Å². The molecular formula is C21H25ClFN3O4S2. The van der Waals surface area contributed by atoms with Crippen LogP contribution in [-0.4, -0.2) is 66.5 Å². The van der Waals surface area contributed by atoms with Gasteiger partial charge < -0.3 is 14.8 Å². The van der Waals surface area contributed by atoms with E-state index in [1.807, 2.05) is 6.07 Å². The van der Waals surface area contributed by atoms with Gasteiger partial charge in [-0.25, -0.2) is 9.37 Å². The Morgan fingerprint density at radius 3 is 3.09 bits per heavy atom. The summed E-state index contributed by atoms with van der Waals surface area (Å²) < 4.78 is 25.0. The van der Waals surface area contributed by atoms with E-state index in [9.17, 15) is 14.0 Å². The van der Waals surface area contributed by atoms with E-state index in [2.05, 4.69) is 15.2 Å². The minimum atomic E-state index is -0.424. The number of thioether (sulfide) groups is 1. The Morgan fingerprint density at radius 2 is 2.31 bits per heavy atom. The lowest BCUT2D eigenvalue weighted by Gasteiger charge is -2.33. The third-order valence-corrected chi connectivity index (χ3v) is 7.00. The second kappa shape index (κ2) is 12.5. The van der Waals surface area contributed by atoms with Gasteiger partial charge in [0.1, 0.15) is 5.82 Å². The molecule has 0 bridgehead atoms. The van der Waals surface area contributed by atoms with Crippen molar-refractivity contribution >= 4 is 46.6 Å². The van der Waals surface area contributed by atoms with E-state index in [-0.39, 0.29) is 35.2 Å². The van der Waals surface area contributed by atoms with E-state index in [1.165, 1.54) is 29.2 Å². The number of nitrogens with one attached hydrogen (secondary N) is 1. The lowest BCUT2D eigenvalue weighted by molar-refractivity contribution is -0.142. The number of morpholine rings is 1. The fourth-order valence-corrected chi connectivity index (χ4v) is 4.94. The molecule has 1 aromatic carbocycles. The van der Waals surface area contributed by atoms with Gasteiger partial charge in [0.15, 0.2) is 4.34 Å². The number of rotatable bonds is 10. The molecule has 1 aliphatic heterocycles. The van der Waals surface area contributed by atoms with Gasteiger partial charge in [-0.3, -0.25) is 14.5 Å². The second-order valence-corrected chi connectivity index (χ2v) is 9.64. The SMILES string of the molecule is CCOC(=O)Cc1csc(SCC(=O)NC[C@H]2CN(Cc3ccc(Cl)c(F)c3)CCO2)n1. The van der Waals surface area contributed by atoms with E-state index in [0.29, 0.717) is 38.5 Å². The number of benzene rings is 1. The average Bonchev–Trinajstić information content (AvgIpc) is 3.21. The van der Waals surface area contributed by atoms with E-state index in [4.69, 9.17) is 21.1 Å². The summed E-state index contributed by atoms with van der Waals surface area (Å²) in [7, 11) is 0. The van der Waals surface area contributed by atoms with Gasteiger partial charge in [-0.05, 0) is 24.6 Å². The Hall–Kier alpha value is -1.72. The zero-order valence-electron chi connectivity index (χ0n) is 17.6.